The number of hydrogen-bond acceptors (Lipinski definition) is 4. The minimum Gasteiger partial charge on any atom is -0.478 e. The summed E-state index contributed by atoms with van der Waals surface area (Å²) in [6.45, 7) is 4.44. The highest BCUT2D eigenvalue weighted by Gasteiger charge is 2.13. The van der Waals surface area contributed by atoms with Crippen molar-refractivity contribution in [1.29, 1.82) is 0 Å². The van der Waals surface area contributed by atoms with Crippen molar-refractivity contribution < 1.29 is 19.0 Å². The Bertz CT molecular complexity index is 646. The first-order valence-electron chi connectivity index (χ1n) is 7.32. The van der Waals surface area contributed by atoms with E-state index in [1.54, 1.807) is 43.3 Å². The molecule has 5 nitrogen and oxygen atoms in total. The average molecular weight is 318 g/mol. The number of benzene rings is 1. The molecule has 1 aliphatic heterocycles. The van der Waals surface area contributed by atoms with Crippen LogP contribution in [-0.4, -0.2) is 40.8 Å². The highest BCUT2D eigenvalue weighted by molar-refractivity contribution is 5.87. The van der Waals surface area contributed by atoms with E-state index in [1.165, 1.54) is 12.6 Å². The fourth-order valence-electron chi connectivity index (χ4n) is 1.87. The van der Waals surface area contributed by atoms with Crippen molar-refractivity contribution >= 4 is 5.97 Å². The number of aryl methyl sites for hydroxylation is 1. The lowest BCUT2D eigenvalue weighted by molar-refractivity contribution is 0.0696. The molecule has 1 aliphatic rings. The van der Waals surface area contributed by atoms with Gasteiger partial charge in [-0.15, -0.1) is 0 Å². The van der Waals surface area contributed by atoms with Gasteiger partial charge < -0.3 is 9.84 Å². The topological polar surface area (TPSA) is 62.7 Å². The third-order valence-electron chi connectivity index (χ3n) is 3.37. The Labute approximate surface area is 134 Å². The van der Waals surface area contributed by atoms with E-state index in [9.17, 15) is 9.18 Å². The second-order valence-corrected chi connectivity index (χ2v) is 5.19. The zero-order valence-electron chi connectivity index (χ0n) is 12.9. The van der Waals surface area contributed by atoms with Gasteiger partial charge in [0, 0.05) is 18.7 Å². The van der Waals surface area contributed by atoms with E-state index in [0.29, 0.717) is 23.6 Å². The van der Waals surface area contributed by atoms with Crippen molar-refractivity contribution in [2.45, 2.75) is 13.3 Å². The molecule has 1 fully saturated rings. The number of carbonyl (C=O) groups is 1. The van der Waals surface area contributed by atoms with Gasteiger partial charge in [0.05, 0.1) is 11.8 Å². The number of aromatic nitrogens is 1. The highest BCUT2D eigenvalue weighted by atomic mass is 19.1. The largest absolute Gasteiger partial charge is 0.478 e. The monoisotopic (exact) mass is 318 g/mol. The van der Waals surface area contributed by atoms with Crippen LogP contribution in [-0.2, 0) is 0 Å². The van der Waals surface area contributed by atoms with Gasteiger partial charge in [0.15, 0.2) is 0 Å². The molecule has 1 N–H and O–H groups in total. The maximum atomic E-state index is 12.8. The molecule has 1 aromatic heterocycles. The standard InChI is InChI=1S/C10H13FN2O.C7H6O2/c1-8-5-9(6-12-10(8)11)14-7-13-3-2-4-13;8-7(9)6-4-2-1-3-5-6/h5-6H,2-4,7H2,1H3;1-5H,(H,8,9). The smallest absolute Gasteiger partial charge is 0.335 e. The Morgan fingerprint density at radius 2 is 2.04 bits per heavy atom. The molecule has 1 aromatic carbocycles. The lowest BCUT2D eigenvalue weighted by atomic mass is 10.2. The molecule has 2 heterocycles. The number of ether oxygens (including phenoxy) is 1. The first-order valence-corrected chi connectivity index (χ1v) is 7.32. The summed E-state index contributed by atoms with van der Waals surface area (Å²) in [5.74, 6) is -0.673. The predicted molar refractivity (Wildman–Crippen MR) is 84.0 cm³/mol. The van der Waals surface area contributed by atoms with Gasteiger partial charge in [-0.2, -0.15) is 4.39 Å². The molecule has 0 saturated carbocycles. The van der Waals surface area contributed by atoms with Crippen LogP contribution in [0.4, 0.5) is 4.39 Å². The molecule has 0 amide bonds. The Kier molecular flexibility index (Phi) is 6.05. The van der Waals surface area contributed by atoms with Crippen LogP contribution in [0, 0.1) is 12.9 Å². The minimum atomic E-state index is -0.879. The molecule has 0 atom stereocenters. The van der Waals surface area contributed by atoms with Crippen LogP contribution < -0.4 is 4.74 Å². The van der Waals surface area contributed by atoms with Gasteiger partial charge in [0.1, 0.15) is 12.5 Å². The molecule has 0 bridgehead atoms. The quantitative estimate of drug-likeness (QED) is 0.878. The number of likely N-dealkylation sites (tertiary alicyclic amines) is 1. The number of rotatable bonds is 4. The molecule has 122 valence electrons. The van der Waals surface area contributed by atoms with Crippen molar-refractivity contribution in [3.05, 3.63) is 59.7 Å². The van der Waals surface area contributed by atoms with Crippen LogP contribution >= 0.6 is 0 Å². The Morgan fingerprint density at radius 3 is 2.52 bits per heavy atom. The lowest BCUT2D eigenvalue weighted by Gasteiger charge is -2.30. The number of halogens is 1. The molecule has 0 unspecified atom stereocenters. The SMILES string of the molecule is Cc1cc(OCN2CCC2)cnc1F.O=C(O)c1ccccc1. The molecule has 0 spiro atoms. The summed E-state index contributed by atoms with van der Waals surface area (Å²) in [4.78, 5) is 16.0. The van der Waals surface area contributed by atoms with Gasteiger partial charge in [-0.1, -0.05) is 18.2 Å². The van der Waals surface area contributed by atoms with E-state index >= 15 is 0 Å². The van der Waals surface area contributed by atoms with E-state index in [4.69, 9.17) is 9.84 Å². The molecule has 1 saturated heterocycles. The van der Waals surface area contributed by atoms with Gasteiger partial charge in [-0.05, 0) is 31.5 Å². The molecule has 6 heteroatoms. The number of hydrogen-bond donors (Lipinski definition) is 1. The normalized spacial score (nSPS) is 13.5. The summed E-state index contributed by atoms with van der Waals surface area (Å²) < 4.78 is 18.2. The number of nitrogens with zero attached hydrogens (tertiary/aromatic N) is 2. The lowest BCUT2D eigenvalue weighted by Crippen LogP contribution is -2.39. The van der Waals surface area contributed by atoms with Gasteiger partial charge in [0.25, 0.3) is 0 Å². The third kappa shape index (κ3) is 5.34. The maximum absolute atomic E-state index is 12.8. The van der Waals surface area contributed by atoms with Crippen molar-refractivity contribution in [2.24, 2.45) is 0 Å². The van der Waals surface area contributed by atoms with E-state index < -0.39 is 11.9 Å². The van der Waals surface area contributed by atoms with Crippen molar-refractivity contribution in [2.75, 3.05) is 19.8 Å². The van der Waals surface area contributed by atoms with Gasteiger partial charge in [-0.3, -0.25) is 4.90 Å². The van der Waals surface area contributed by atoms with Crippen LogP contribution in [0.3, 0.4) is 0 Å². The van der Waals surface area contributed by atoms with E-state index in [2.05, 4.69) is 9.88 Å². The molecule has 3 rings (SSSR count). The fourth-order valence-corrected chi connectivity index (χ4v) is 1.87. The molecule has 23 heavy (non-hydrogen) atoms. The zero-order valence-corrected chi connectivity index (χ0v) is 12.9. The molecular formula is C17H19FN2O3. The van der Waals surface area contributed by atoms with Crippen molar-refractivity contribution in [1.82, 2.24) is 9.88 Å². The van der Waals surface area contributed by atoms with Crippen LogP contribution in [0.25, 0.3) is 0 Å². The summed E-state index contributed by atoms with van der Waals surface area (Å²) in [5.41, 5.74) is 0.851. The minimum absolute atomic E-state index is 0.331. The summed E-state index contributed by atoms with van der Waals surface area (Å²) in [6.07, 6.45) is 2.66. The molecule has 0 radical (unpaired) electrons. The molecule has 0 aliphatic carbocycles. The highest BCUT2D eigenvalue weighted by Crippen LogP contribution is 2.14. The summed E-state index contributed by atoms with van der Waals surface area (Å²) in [5, 5.41) is 8.38. The Balaban J connectivity index is 0.000000185. The third-order valence-corrected chi connectivity index (χ3v) is 3.37. The molecule has 2 aromatic rings. The second kappa shape index (κ2) is 8.24. The average Bonchev–Trinajstić information content (AvgIpc) is 2.51. The summed E-state index contributed by atoms with van der Waals surface area (Å²) in [7, 11) is 0. The van der Waals surface area contributed by atoms with Crippen molar-refractivity contribution in [3.8, 4) is 5.75 Å². The second-order valence-electron chi connectivity index (χ2n) is 5.19. The first kappa shape index (κ1) is 16.9. The van der Waals surface area contributed by atoms with E-state index in [0.717, 1.165) is 13.1 Å². The number of carboxylic acid groups (broad SMARTS) is 1. The van der Waals surface area contributed by atoms with E-state index in [-0.39, 0.29) is 0 Å². The van der Waals surface area contributed by atoms with Crippen LogP contribution in [0.15, 0.2) is 42.6 Å². The Morgan fingerprint density at radius 1 is 1.35 bits per heavy atom. The van der Waals surface area contributed by atoms with Crippen LogP contribution in [0.1, 0.15) is 22.3 Å². The fraction of sp³-hybridized carbons (Fsp3) is 0.294. The first-order chi connectivity index (χ1) is 11.1. The van der Waals surface area contributed by atoms with Gasteiger partial charge >= 0.3 is 5.97 Å². The van der Waals surface area contributed by atoms with Gasteiger partial charge in [-0.25, -0.2) is 9.78 Å². The van der Waals surface area contributed by atoms with E-state index in [1.807, 2.05) is 0 Å². The number of carboxylic acids is 1. The van der Waals surface area contributed by atoms with Gasteiger partial charge in [0.2, 0.25) is 5.95 Å². The predicted octanol–water partition coefficient (Wildman–Crippen LogP) is 2.96. The summed E-state index contributed by atoms with van der Waals surface area (Å²) >= 11 is 0. The zero-order chi connectivity index (χ0) is 16.7. The van der Waals surface area contributed by atoms with Crippen LogP contribution in [0.5, 0.6) is 5.75 Å². The number of aromatic carboxylic acids is 1. The number of pyridine rings is 1. The molecular weight excluding hydrogens is 299 g/mol. The van der Waals surface area contributed by atoms with Crippen molar-refractivity contribution in [3.63, 3.8) is 0 Å². The Hall–Kier alpha value is -2.47. The van der Waals surface area contributed by atoms with Crippen LogP contribution in [0.2, 0.25) is 0 Å². The maximum Gasteiger partial charge on any atom is 0.335 e. The summed E-state index contributed by atoms with van der Waals surface area (Å²) in [6, 6.07) is 9.96.